The number of amides is 1. The van der Waals surface area contributed by atoms with Crippen molar-refractivity contribution in [2.75, 3.05) is 5.32 Å². The summed E-state index contributed by atoms with van der Waals surface area (Å²) in [5, 5.41) is 12.5. The van der Waals surface area contributed by atoms with Gasteiger partial charge in [0.25, 0.3) is 0 Å². The molecule has 0 spiro atoms. The van der Waals surface area contributed by atoms with E-state index in [-0.39, 0.29) is 5.91 Å². The fourth-order valence-electron chi connectivity index (χ4n) is 1.32. The highest BCUT2D eigenvalue weighted by atomic mass is 35.5. The number of aliphatic hydroxyl groups is 1. The van der Waals surface area contributed by atoms with Crippen LogP contribution >= 0.6 is 11.6 Å². The molecule has 0 saturated carbocycles. The van der Waals surface area contributed by atoms with E-state index in [1.165, 1.54) is 0 Å². The average molecular weight is 242 g/mol. The van der Waals surface area contributed by atoms with Gasteiger partial charge in [-0.05, 0) is 44.0 Å². The number of hydrogen-bond acceptors (Lipinski definition) is 2. The minimum atomic E-state index is -0.447. The van der Waals surface area contributed by atoms with Crippen LogP contribution in [0.4, 0.5) is 5.69 Å². The fourth-order valence-corrected chi connectivity index (χ4v) is 1.55. The number of aliphatic hydroxyl groups excluding tert-OH is 1. The number of rotatable bonds is 4. The van der Waals surface area contributed by atoms with Crippen LogP contribution in [-0.4, -0.2) is 17.1 Å². The van der Waals surface area contributed by atoms with E-state index in [0.29, 0.717) is 17.9 Å². The number of halogens is 1. The van der Waals surface area contributed by atoms with Gasteiger partial charge in [0.2, 0.25) is 5.91 Å². The Labute approximate surface area is 100 Å². The summed E-state index contributed by atoms with van der Waals surface area (Å²) in [7, 11) is 0. The summed E-state index contributed by atoms with van der Waals surface area (Å²) in [4.78, 5) is 11.5. The van der Waals surface area contributed by atoms with Crippen LogP contribution in [0.5, 0.6) is 0 Å². The largest absolute Gasteiger partial charge is 0.393 e. The van der Waals surface area contributed by atoms with Gasteiger partial charge in [-0.15, -0.1) is 0 Å². The van der Waals surface area contributed by atoms with E-state index in [1.54, 1.807) is 25.1 Å². The molecule has 0 radical (unpaired) electrons. The standard InChI is InChI=1S/C12H16ClNO2/c1-8-7-10(13)4-5-11(8)14-12(16)6-3-9(2)15/h4-5,7,9,15H,3,6H2,1-2H3,(H,14,16). The first-order valence-electron chi connectivity index (χ1n) is 5.23. The van der Waals surface area contributed by atoms with Gasteiger partial charge in [-0.25, -0.2) is 0 Å². The molecule has 1 amide bonds. The third kappa shape index (κ3) is 4.21. The van der Waals surface area contributed by atoms with Gasteiger partial charge in [-0.3, -0.25) is 4.79 Å². The Hall–Kier alpha value is -1.06. The maximum absolute atomic E-state index is 11.5. The number of nitrogens with one attached hydrogen (secondary N) is 1. The van der Waals surface area contributed by atoms with Crippen LogP contribution in [0.1, 0.15) is 25.3 Å². The Bertz CT molecular complexity index is 377. The molecule has 0 fully saturated rings. The van der Waals surface area contributed by atoms with Crippen molar-refractivity contribution in [2.24, 2.45) is 0 Å². The summed E-state index contributed by atoms with van der Waals surface area (Å²) < 4.78 is 0. The maximum Gasteiger partial charge on any atom is 0.224 e. The summed E-state index contributed by atoms with van der Waals surface area (Å²) >= 11 is 5.81. The van der Waals surface area contributed by atoms with Gasteiger partial charge in [-0.1, -0.05) is 11.6 Å². The van der Waals surface area contributed by atoms with Crippen molar-refractivity contribution in [2.45, 2.75) is 32.8 Å². The molecule has 1 rings (SSSR count). The molecular weight excluding hydrogens is 226 g/mol. The van der Waals surface area contributed by atoms with Crippen molar-refractivity contribution < 1.29 is 9.90 Å². The molecule has 0 bridgehead atoms. The Balaban J connectivity index is 2.56. The number of aryl methyl sites for hydroxylation is 1. The molecule has 1 atom stereocenters. The van der Waals surface area contributed by atoms with Gasteiger partial charge in [0.1, 0.15) is 0 Å². The lowest BCUT2D eigenvalue weighted by atomic mass is 10.2. The number of hydrogen-bond donors (Lipinski definition) is 2. The first kappa shape index (κ1) is 13.0. The zero-order valence-corrected chi connectivity index (χ0v) is 10.2. The third-order valence-electron chi connectivity index (χ3n) is 2.25. The smallest absolute Gasteiger partial charge is 0.224 e. The molecule has 16 heavy (non-hydrogen) atoms. The normalized spacial score (nSPS) is 12.2. The van der Waals surface area contributed by atoms with E-state index in [0.717, 1.165) is 11.3 Å². The van der Waals surface area contributed by atoms with Gasteiger partial charge in [0.05, 0.1) is 6.10 Å². The van der Waals surface area contributed by atoms with Crippen LogP contribution in [0.25, 0.3) is 0 Å². The highest BCUT2D eigenvalue weighted by molar-refractivity contribution is 6.30. The first-order valence-corrected chi connectivity index (χ1v) is 5.61. The van der Waals surface area contributed by atoms with Crippen molar-refractivity contribution in [3.63, 3.8) is 0 Å². The first-order chi connectivity index (χ1) is 7.49. The summed E-state index contributed by atoms with van der Waals surface area (Å²) in [6, 6.07) is 5.31. The minimum Gasteiger partial charge on any atom is -0.393 e. The summed E-state index contributed by atoms with van der Waals surface area (Å²) in [6.07, 6.45) is 0.343. The molecule has 0 saturated heterocycles. The molecule has 1 aromatic carbocycles. The number of benzene rings is 1. The van der Waals surface area contributed by atoms with Crippen LogP contribution in [0.3, 0.4) is 0 Å². The molecule has 1 unspecified atom stereocenters. The lowest BCUT2D eigenvalue weighted by molar-refractivity contribution is -0.116. The van der Waals surface area contributed by atoms with Crippen molar-refractivity contribution in [1.82, 2.24) is 0 Å². The van der Waals surface area contributed by atoms with Crippen molar-refractivity contribution >= 4 is 23.2 Å². The van der Waals surface area contributed by atoms with Crippen molar-refractivity contribution in [3.8, 4) is 0 Å². The second kappa shape index (κ2) is 5.87. The molecular formula is C12H16ClNO2. The second-order valence-electron chi connectivity index (χ2n) is 3.90. The van der Waals surface area contributed by atoms with Crippen molar-refractivity contribution in [3.05, 3.63) is 28.8 Å². The van der Waals surface area contributed by atoms with Crippen molar-refractivity contribution in [1.29, 1.82) is 0 Å². The van der Waals surface area contributed by atoms with E-state index in [9.17, 15) is 4.79 Å². The molecule has 2 N–H and O–H groups in total. The Kier molecular flexibility index (Phi) is 4.77. The molecule has 0 aromatic heterocycles. The average Bonchev–Trinajstić information content (AvgIpc) is 2.19. The molecule has 0 aliphatic heterocycles. The van der Waals surface area contributed by atoms with Gasteiger partial charge in [0, 0.05) is 17.1 Å². The van der Waals surface area contributed by atoms with Crippen LogP contribution in [0, 0.1) is 6.92 Å². The second-order valence-corrected chi connectivity index (χ2v) is 4.33. The topological polar surface area (TPSA) is 49.3 Å². The van der Waals surface area contributed by atoms with Crippen LogP contribution in [0.15, 0.2) is 18.2 Å². The molecule has 0 heterocycles. The minimum absolute atomic E-state index is 0.0914. The Morgan fingerprint density at radius 1 is 1.56 bits per heavy atom. The van der Waals surface area contributed by atoms with Gasteiger partial charge in [0.15, 0.2) is 0 Å². The summed E-state index contributed by atoms with van der Waals surface area (Å²) in [5.74, 6) is -0.0914. The number of carbonyl (C=O) groups excluding carboxylic acids is 1. The monoisotopic (exact) mass is 241 g/mol. The maximum atomic E-state index is 11.5. The third-order valence-corrected chi connectivity index (χ3v) is 2.49. The zero-order valence-electron chi connectivity index (χ0n) is 9.46. The molecule has 0 aliphatic rings. The van der Waals surface area contributed by atoms with E-state index in [4.69, 9.17) is 16.7 Å². The van der Waals surface area contributed by atoms with Crippen LogP contribution in [0.2, 0.25) is 5.02 Å². The Morgan fingerprint density at radius 3 is 2.81 bits per heavy atom. The zero-order chi connectivity index (χ0) is 12.1. The quantitative estimate of drug-likeness (QED) is 0.852. The van der Waals surface area contributed by atoms with E-state index < -0.39 is 6.10 Å². The molecule has 1 aromatic rings. The molecule has 4 heteroatoms. The predicted molar refractivity (Wildman–Crippen MR) is 65.7 cm³/mol. The van der Waals surface area contributed by atoms with Crippen LogP contribution < -0.4 is 5.32 Å². The number of anilines is 1. The van der Waals surface area contributed by atoms with Crippen LogP contribution in [-0.2, 0) is 4.79 Å². The lowest BCUT2D eigenvalue weighted by Crippen LogP contribution is -2.14. The fraction of sp³-hybridized carbons (Fsp3) is 0.417. The van der Waals surface area contributed by atoms with E-state index in [2.05, 4.69) is 5.32 Å². The van der Waals surface area contributed by atoms with Gasteiger partial charge < -0.3 is 10.4 Å². The van der Waals surface area contributed by atoms with E-state index in [1.807, 2.05) is 6.92 Å². The molecule has 3 nitrogen and oxygen atoms in total. The molecule has 0 aliphatic carbocycles. The van der Waals surface area contributed by atoms with Gasteiger partial charge in [-0.2, -0.15) is 0 Å². The SMILES string of the molecule is Cc1cc(Cl)ccc1NC(=O)CCC(C)O. The highest BCUT2D eigenvalue weighted by Crippen LogP contribution is 2.19. The lowest BCUT2D eigenvalue weighted by Gasteiger charge is -2.09. The Morgan fingerprint density at radius 2 is 2.25 bits per heavy atom. The summed E-state index contributed by atoms with van der Waals surface area (Å²) in [5.41, 5.74) is 1.69. The highest BCUT2D eigenvalue weighted by Gasteiger charge is 2.06. The predicted octanol–water partition coefficient (Wildman–Crippen LogP) is 2.75. The number of carbonyl (C=O) groups is 1. The molecule has 88 valence electrons. The van der Waals surface area contributed by atoms with Gasteiger partial charge >= 0.3 is 0 Å². The summed E-state index contributed by atoms with van der Waals surface area (Å²) in [6.45, 7) is 3.55. The van der Waals surface area contributed by atoms with E-state index >= 15 is 0 Å².